The SMILES string of the molecule is Cn1ncc2c(Cl)nc(COc3ccc(Cl)cc3Cl)nc21. The second kappa shape index (κ2) is 5.67. The maximum atomic E-state index is 6.11. The van der Waals surface area contributed by atoms with E-state index in [9.17, 15) is 0 Å². The fraction of sp³-hybridized carbons (Fsp3) is 0.154. The first-order valence-electron chi connectivity index (χ1n) is 5.96. The molecule has 0 aliphatic carbocycles. The van der Waals surface area contributed by atoms with Crippen molar-refractivity contribution in [1.29, 1.82) is 0 Å². The summed E-state index contributed by atoms with van der Waals surface area (Å²) < 4.78 is 7.22. The molecule has 0 aliphatic heterocycles. The number of fused-ring (bicyclic) bond motifs is 1. The molecule has 0 amide bonds. The van der Waals surface area contributed by atoms with Crippen molar-refractivity contribution in [3.8, 4) is 5.75 Å². The first-order valence-corrected chi connectivity index (χ1v) is 7.10. The minimum atomic E-state index is 0.141. The first kappa shape index (κ1) is 14.4. The molecule has 0 N–H and O–H groups in total. The Kier molecular flexibility index (Phi) is 3.89. The minimum Gasteiger partial charge on any atom is -0.484 e. The van der Waals surface area contributed by atoms with Gasteiger partial charge in [-0.3, -0.25) is 4.68 Å². The maximum Gasteiger partial charge on any atom is 0.170 e. The second-order valence-electron chi connectivity index (χ2n) is 4.30. The van der Waals surface area contributed by atoms with Gasteiger partial charge in [-0.15, -0.1) is 0 Å². The lowest BCUT2D eigenvalue weighted by atomic mass is 10.3. The third-order valence-electron chi connectivity index (χ3n) is 2.84. The van der Waals surface area contributed by atoms with Crippen LogP contribution >= 0.6 is 34.8 Å². The molecule has 3 aromatic rings. The van der Waals surface area contributed by atoms with E-state index in [0.717, 1.165) is 0 Å². The van der Waals surface area contributed by atoms with Gasteiger partial charge in [0.15, 0.2) is 11.5 Å². The number of benzene rings is 1. The lowest BCUT2D eigenvalue weighted by Crippen LogP contribution is -2.04. The van der Waals surface area contributed by atoms with E-state index in [1.54, 1.807) is 36.1 Å². The third-order valence-corrected chi connectivity index (χ3v) is 3.66. The Morgan fingerprint density at radius 1 is 1.19 bits per heavy atom. The Balaban J connectivity index is 1.86. The van der Waals surface area contributed by atoms with Crippen molar-refractivity contribution in [3.63, 3.8) is 0 Å². The zero-order chi connectivity index (χ0) is 15.0. The molecule has 0 aliphatic rings. The third kappa shape index (κ3) is 2.90. The van der Waals surface area contributed by atoms with Crippen LogP contribution in [0.1, 0.15) is 5.82 Å². The number of nitrogens with zero attached hydrogens (tertiary/aromatic N) is 4. The molecular weight excluding hydrogens is 335 g/mol. The number of aryl methyl sites for hydroxylation is 1. The molecule has 0 fully saturated rings. The fourth-order valence-corrected chi connectivity index (χ4v) is 2.52. The summed E-state index contributed by atoms with van der Waals surface area (Å²) in [4.78, 5) is 8.55. The molecule has 2 heterocycles. The largest absolute Gasteiger partial charge is 0.484 e. The standard InChI is InChI=1S/C13H9Cl3N4O/c1-20-13-8(5-17-20)12(16)18-11(19-13)6-21-10-3-2-7(14)4-9(10)15/h2-5H,6H2,1H3. The number of hydrogen-bond donors (Lipinski definition) is 0. The van der Waals surface area contributed by atoms with Gasteiger partial charge >= 0.3 is 0 Å². The highest BCUT2D eigenvalue weighted by Crippen LogP contribution is 2.28. The van der Waals surface area contributed by atoms with Crippen LogP contribution in [0, 0.1) is 0 Å². The summed E-state index contributed by atoms with van der Waals surface area (Å²) in [7, 11) is 1.78. The monoisotopic (exact) mass is 342 g/mol. The highest BCUT2D eigenvalue weighted by atomic mass is 35.5. The van der Waals surface area contributed by atoms with Crippen LogP contribution < -0.4 is 4.74 Å². The highest BCUT2D eigenvalue weighted by molar-refractivity contribution is 6.35. The van der Waals surface area contributed by atoms with Gasteiger partial charge in [-0.2, -0.15) is 5.10 Å². The van der Waals surface area contributed by atoms with Gasteiger partial charge in [-0.05, 0) is 18.2 Å². The van der Waals surface area contributed by atoms with Gasteiger partial charge in [0.05, 0.1) is 16.6 Å². The summed E-state index contributed by atoms with van der Waals surface area (Å²) in [5.74, 6) is 0.952. The molecule has 0 saturated carbocycles. The van der Waals surface area contributed by atoms with Crippen molar-refractivity contribution in [2.24, 2.45) is 7.05 Å². The Morgan fingerprint density at radius 2 is 2.00 bits per heavy atom. The quantitative estimate of drug-likeness (QED) is 0.677. The lowest BCUT2D eigenvalue weighted by Gasteiger charge is -2.08. The van der Waals surface area contributed by atoms with Gasteiger partial charge in [-0.25, -0.2) is 9.97 Å². The molecule has 0 atom stereocenters. The summed E-state index contributed by atoms with van der Waals surface area (Å²) in [5, 5.41) is 6.11. The molecule has 108 valence electrons. The topological polar surface area (TPSA) is 52.8 Å². The molecule has 2 aromatic heterocycles. The summed E-state index contributed by atoms with van der Waals surface area (Å²) in [6.07, 6.45) is 1.62. The van der Waals surface area contributed by atoms with E-state index in [1.807, 2.05) is 0 Å². The van der Waals surface area contributed by atoms with Crippen LogP contribution in [-0.4, -0.2) is 19.7 Å². The summed E-state index contributed by atoms with van der Waals surface area (Å²) in [5.41, 5.74) is 0.649. The van der Waals surface area contributed by atoms with Gasteiger partial charge in [0.25, 0.3) is 0 Å². The molecule has 0 unspecified atom stereocenters. The molecule has 0 saturated heterocycles. The van der Waals surface area contributed by atoms with Gasteiger partial charge in [0, 0.05) is 12.1 Å². The van der Waals surface area contributed by atoms with E-state index in [2.05, 4.69) is 15.1 Å². The van der Waals surface area contributed by atoms with Crippen LogP contribution in [0.3, 0.4) is 0 Å². The van der Waals surface area contributed by atoms with Crippen LogP contribution in [0.4, 0.5) is 0 Å². The van der Waals surface area contributed by atoms with E-state index < -0.39 is 0 Å². The van der Waals surface area contributed by atoms with Crippen molar-refractivity contribution in [3.05, 3.63) is 45.4 Å². The van der Waals surface area contributed by atoms with Crippen LogP contribution in [0.15, 0.2) is 24.4 Å². The highest BCUT2D eigenvalue weighted by Gasteiger charge is 2.11. The zero-order valence-corrected chi connectivity index (χ0v) is 13.1. The van der Waals surface area contributed by atoms with Crippen LogP contribution in [-0.2, 0) is 13.7 Å². The molecule has 1 aromatic carbocycles. The minimum absolute atomic E-state index is 0.141. The van der Waals surface area contributed by atoms with Gasteiger partial charge < -0.3 is 4.74 Å². The Bertz CT molecular complexity index is 819. The van der Waals surface area contributed by atoms with E-state index in [1.165, 1.54) is 0 Å². The predicted octanol–water partition coefficient (Wildman–Crippen LogP) is 3.90. The van der Waals surface area contributed by atoms with E-state index in [0.29, 0.717) is 37.8 Å². The van der Waals surface area contributed by atoms with Crippen molar-refractivity contribution >= 4 is 45.8 Å². The Morgan fingerprint density at radius 3 is 2.76 bits per heavy atom. The Labute approximate surface area is 135 Å². The number of rotatable bonds is 3. The van der Waals surface area contributed by atoms with Crippen LogP contribution in [0.2, 0.25) is 15.2 Å². The van der Waals surface area contributed by atoms with E-state index >= 15 is 0 Å². The zero-order valence-electron chi connectivity index (χ0n) is 10.8. The smallest absolute Gasteiger partial charge is 0.170 e. The molecular formula is C13H9Cl3N4O. The van der Waals surface area contributed by atoms with Gasteiger partial charge in [0.2, 0.25) is 0 Å². The van der Waals surface area contributed by atoms with Crippen LogP contribution in [0.25, 0.3) is 11.0 Å². The fourth-order valence-electron chi connectivity index (χ4n) is 1.83. The van der Waals surface area contributed by atoms with E-state index in [-0.39, 0.29) is 6.61 Å². The second-order valence-corrected chi connectivity index (χ2v) is 5.50. The average molecular weight is 344 g/mol. The van der Waals surface area contributed by atoms with Gasteiger partial charge in [-0.1, -0.05) is 34.8 Å². The van der Waals surface area contributed by atoms with Crippen molar-refractivity contribution in [2.75, 3.05) is 0 Å². The molecule has 5 nitrogen and oxygen atoms in total. The van der Waals surface area contributed by atoms with E-state index in [4.69, 9.17) is 39.5 Å². The molecule has 8 heteroatoms. The average Bonchev–Trinajstić information content (AvgIpc) is 2.80. The molecule has 3 rings (SSSR count). The molecule has 0 spiro atoms. The number of halogens is 3. The lowest BCUT2D eigenvalue weighted by molar-refractivity contribution is 0.296. The van der Waals surface area contributed by atoms with Crippen molar-refractivity contribution in [2.45, 2.75) is 6.61 Å². The molecule has 0 bridgehead atoms. The van der Waals surface area contributed by atoms with Crippen molar-refractivity contribution < 1.29 is 4.74 Å². The summed E-state index contributed by atoms with van der Waals surface area (Å²) in [6, 6.07) is 4.99. The van der Waals surface area contributed by atoms with Crippen LogP contribution in [0.5, 0.6) is 5.75 Å². The number of ether oxygens (including phenoxy) is 1. The maximum absolute atomic E-state index is 6.11. The predicted molar refractivity (Wildman–Crippen MR) is 82.1 cm³/mol. The summed E-state index contributed by atoms with van der Waals surface area (Å²) >= 11 is 18.0. The summed E-state index contributed by atoms with van der Waals surface area (Å²) in [6.45, 7) is 0.141. The number of hydrogen-bond acceptors (Lipinski definition) is 4. The molecule has 21 heavy (non-hydrogen) atoms. The van der Waals surface area contributed by atoms with Gasteiger partial charge in [0.1, 0.15) is 17.5 Å². The Hall–Kier alpha value is -1.56. The molecule has 0 radical (unpaired) electrons. The normalized spacial score (nSPS) is 11.0. The first-order chi connectivity index (χ1) is 10.0. The number of aromatic nitrogens is 4. The van der Waals surface area contributed by atoms with Crippen molar-refractivity contribution in [1.82, 2.24) is 19.7 Å².